The van der Waals surface area contributed by atoms with E-state index >= 15 is 0 Å². The molecule has 7 heteroatoms. The molecule has 2 aromatic rings. The number of aryl methyl sites for hydroxylation is 1. The van der Waals surface area contributed by atoms with Crippen LogP contribution >= 0.6 is 11.8 Å². The second-order valence-corrected chi connectivity index (χ2v) is 5.92. The van der Waals surface area contributed by atoms with Crippen LogP contribution in [0.2, 0.25) is 0 Å². The summed E-state index contributed by atoms with van der Waals surface area (Å²) in [4.78, 5) is 23.6. The standard InChI is InChI=1S/C17H16F2N2O2S/c18-13-6-2-1-5-12(13)9-10-16(22)20-21-17(23)11-24-15-8-4-3-7-14(15)19/h1-8H,9-11H2,(H,20,22)(H,21,23). The van der Waals surface area contributed by atoms with Crippen molar-refractivity contribution >= 4 is 23.6 Å². The Morgan fingerprint density at radius 1 is 0.875 bits per heavy atom. The van der Waals surface area contributed by atoms with Crippen LogP contribution in [0.25, 0.3) is 0 Å². The lowest BCUT2D eigenvalue weighted by molar-refractivity contribution is -0.127. The molecule has 2 N–H and O–H groups in total. The van der Waals surface area contributed by atoms with Crippen molar-refractivity contribution in [2.24, 2.45) is 0 Å². The molecule has 2 aromatic carbocycles. The second-order valence-electron chi connectivity index (χ2n) is 4.91. The molecule has 0 fully saturated rings. The second kappa shape index (κ2) is 9.02. The summed E-state index contributed by atoms with van der Waals surface area (Å²) in [6.45, 7) is 0. The first-order valence-electron chi connectivity index (χ1n) is 7.24. The van der Waals surface area contributed by atoms with Crippen LogP contribution in [0.15, 0.2) is 53.4 Å². The molecule has 0 aliphatic rings. The summed E-state index contributed by atoms with van der Waals surface area (Å²) >= 11 is 1.03. The highest BCUT2D eigenvalue weighted by atomic mass is 32.2. The first-order chi connectivity index (χ1) is 11.6. The fourth-order valence-corrected chi connectivity index (χ4v) is 2.63. The molecule has 126 valence electrons. The van der Waals surface area contributed by atoms with E-state index in [9.17, 15) is 18.4 Å². The summed E-state index contributed by atoms with van der Waals surface area (Å²) in [7, 11) is 0. The zero-order valence-corrected chi connectivity index (χ0v) is 13.5. The lowest BCUT2D eigenvalue weighted by Gasteiger charge is -2.08. The van der Waals surface area contributed by atoms with E-state index in [0.29, 0.717) is 10.5 Å². The molecule has 2 amide bonds. The van der Waals surface area contributed by atoms with Gasteiger partial charge in [0.25, 0.3) is 0 Å². The number of thioether (sulfide) groups is 1. The van der Waals surface area contributed by atoms with Crippen molar-refractivity contribution in [1.82, 2.24) is 10.9 Å². The van der Waals surface area contributed by atoms with Gasteiger partial charge in [-0.2, -0.15) is 0 Å². The maximum Gasteiger partial charge on any atom is 0.248 e. The van der Waals surface area contributed by atoms with Gasteiger partial charge in [0, 0.05) is 11.3 Å². The minimum Gasteiger partial charge on any atom is -0.273 e. The van der Waals surface area contributed by atoms with Crippen LogP contribution in [0.1, 0.15) is 12.0 Å². The van der Waals surface area contributed by atoms with E-state index in [2.05, 4.69) is 10.9 Å². The van der Waals surface area contributed by atoms with Gasteiger partial charge in [-0.25, -0.2) is 8.78 Å². The van der Waals surface area contributed by atoms with Gasteiger partial charge in [-0.3, -0.25) is 20.4 Å². The van der Waals surface area contributed by atoms with Crippen LogP contribution in [0.3, 0.4) is 0 Å². The monoisotopic (exact) mass is 350 g/mol. The van der Waals surface area contributed by atoms with Crippen molar-refractivity contribution in [3.05, 3.63) is 65.7 Å². The number of rotatable bonds is 6. The Morgan fingerprint density at radius 3 is 2.21 bits per heavy atom. The molecule has 0 aromatic heterocycles. The summed E-state index contributed by atoms with van der Waals surface area (Å²) in [5, 5.41) is 0. The topological polar surface area (TPSA) is 58.2 Å². The van der Waals surface area contributed by atoms with Gasteiger partial charge in [-0.05, 0) is 30.2 Å². The summed E-state index contributed by atoms with van der Waals surface area (Å²) in [5.41, 5.74) is 4.94. The summed E-state index contributed by atoms with van der Waals surface area (Å²) < 4.78 is 26.8. The van der Waals surface area contributed by atoms with Gasteiger partial charge in [-0.15, -0.1) is 11.8 Å². The molecule has 0 aliphatic carbocycles. The van der Waals surface area contributed by atoms with E-state index in [1.807, 2.05) is 0 Å². The van der Waals surface area contributed by atoms with Crippen LogP contribution in [0, 0.1) is 11.6 Å². The highest BCUT2D eigenvalue weighted by molar-refractivity contribution is 8.00. The molecule has 24 heavy (non-hydrogen) atoms. The van der Waals surface area contributed by atoms with E-state index in [1.165, 1.54) is 12.1 Å². The largest absolute Gasteiger partial charge is 0.273 e. The van der Waals surface area contributed by atoms with Gasteiger partial charge in [0.1, 0.15) is 11.6 Å². The fourth-order valence-electron chi connectivity index (χ4n) is 1.89. The number of halogens is 2. The van der Waals surface area contributed by atoms with E-state index in [4.69, 9.17) is 0 Å². The SMILES string of the molecule is O=C(CCc1ccccc1F)NNC(=O)CSc1ccccc1F. The van der Waals surface area contributed by atoms with E-state index in [-0.39, 0.29) is 24.4 Å². The molecule has 0 saturated heterocycles. The van der Waals surface area contributed by atoms with Crippen molar-refractivity contribution in [2.45, 2.75) is 17.7 Å². The first-order valence-corrected chi connectivity index (χ1v) is 8.23. The number of benzene rings is 2. The molecule has 0 unspecified atom stereocenters. The lowest BCUT2D eigenvalue weighted by Crippen LogP contribution is -2.42. The average molecular weight is 350 g/mol. The quantitative estimate of drug-likeness (QED) is 0.622. The number of carbonyl (C=O) groups is 2. The molecule has 0 atom stereocenters. The van der Waals surface area contributed by atoms with Crippen LogP contribution < -0.4 is 10.9 Å². The van der Waals surface area contributed by atoms with Gasteiger partial charge in [0.2, 0.25) is 11.8 Å². The third-order valence-corrected chi connectivity index (χ3v) is 4.16. The molecule has 0 radical (unpaired) electrons. The Kier molecular flexibility index (Phi) is 6.74. The van der Waals surface area contributed by atoms with Gasteiger partial charge in [0.05, 0.1) is 5.75 Å². The smallest absolute Gasteiger partial charge is 0.248 e. The predicted octanol–water partition coefficient (Wildman–Crippen LogP) is 2.84. The number of hydrazine groups is 1. The van der Waals surface area contributed by atoms with Gasteiger partial charge < -0.3 is 0 Å². The van der Waals surface area contributed by atoms with Crippen molar-refractivity contribution in [2.75, 3.05) is 5.75 Å². The van der Waals surface area contributed by atoms with Crippen LogP contribution in [0.5, 0.6) is 0 Å². The van der Waals surface area contributed by atoms with E-state index in [0.717, 1.165) is 11.8 Å². The van der Waals surface area contributed by atoms with E-state index in [1.54, 1.807) is 36.4 Å². The Morgan fingerprint density at radius 2 is 1.50 bits per heavy atom. The number of carbonyl (C=O) groups excluding carboxylic acids is 2. The van der Waals surface area contributed by atoms with Gasteiger partial charge in [-0.1, -0.05) is 30.3 Å². The molecular formula is C17H16F2N2O2S. The molecule has 2 rings (SSSR count). The maximum atomic E-state index is 13.4. The van der Waals surface area contributed by atoms with Crippen LogP contribution in [-0.2, 0) is 16.0 Å². The molecular weight excluding hydrogens is 334 g/mol. The van der Waals surface area contributed by atoms with Crippen molar-refractivity contribution in [1.29, 1.82) is 0 Å². The minimum atomic E-state index is -0.456. The van der Waals surface area contributed by atoms with Crippen LogP contribution in [-0.4, -0.2) is 17.6 Å². The minimum absolute atomic E-state index is 0.0332. The predicted molar refractivity (Wildman–Crippen MR) is 88.1 cm³/mol. The molecule has 4 nitrogen and oxygen atoms in total. The summed E-state index contributed by atoms with van der Waals surface area (Å²) in [6, 6.07) is 12.3. The van der Waals surface area contributed by atoms with Gasteiger partial charge >= 0.3 is 0 Å². The Balaban J connectivity index is 1.69. The summed E-state index contributed by atoms with van der Waals surface area (Å²) in [5.74, 6) is -1.68. The zero-order valence-electron chi connectivity index (χ0n) is 12.7. The van der Waals surface area contributed by atoms with Crippen molar-refractivity contribution in [3.8, 4) is 0 Å². The average Bonchev–Trinajstić information content (AvgIpc) is 2.58. The number of amides is 2. The molecule has 0 saturated carbocycles. The molecule has 0 aliphatic heterocycles. The fraction of sp³-hybridized carbons (Fsp3) is 0.176. The highest BCUT2D eigenvalue weighted by Gasteiger charge is 2.09. The molecule has 0 heterocycles. The van der Waals surface area contributed by atoms with Crippen molar-refractivity contribution in [3.63, 3.8) is 0 Å². The molecule has 0 spiro atoms. The number of hydrogen-bond acceptors (Lipinski definition) is 3. The highest BCUT2D eigenvalue weighted by Crippen LogP contribution is 2.20. The lowest BCUT2D eigenvalue weighted by atomic mass is 10.1. The number of nitrogens with one attached hydrogen (secondary N) is 2. The zero-order chi connectivity index (χ0) is 17.4. The Bertz CT molecular complexity index is 664. The first kappa shape index (κ1) is 17.9. The molecule has 0 bridgehead atoms. The third kappa shape index (κ3) is 5.66. The Labute approximate surface area is 142 Å². The third-order valence-electron chi connectivity index (χ3n) is 3.12. The number of hydrogen-bond donors (Lipinski definition) is 2. The summed E-state index contributed by atoms with van der Waals surface area (Å²) in [6.07, 6.45) is 0.278. The van der Waals surface area contributed by atoms with E-state index < -0.39 is 17.6 Å². The normalized spacial score (nSPS) is 10.2. The Hall–Kier alpha value is -2.41. The maximum absolute atomic E-state index is 13.4. The van der Waals surface area contributed by atoms with Gasteiger partial charge in [0.15, 0.2) is 0 Å². The van der Waals surface area contributed by atoms with Crippen LogP contribution in [0.4, 0.5) is 8.78 Å². The van der Waals surface area contributed by atoms with Crippen molar-refractivity contribution < 1.29 is 18.4 Å².